The van der Waals surface area contributed by atoms with Gasteiger partial charge in [0.2, 0.25) is 0 Å². The van der Waals surface area contributed by atoms with Crippen molar-refractivity contribution in [2.24, 2.45) is 5.92 Å². The van der Waals surface area contributed by atoms with E-state index < -0.39 is 0 Å². The average molecular weight is 289 g/mol. The summed E-state index contributed by atoms with van der Waals surface area (Å²) in [6.45, 7) is 6.62. The zero-order chi connectivity index (χ0) is 15.5. The van der Waals surface area contributed by atoms with E-state index >= 15 is 0 Å². The zero-order valence-corrected chi connectivity index (χ0v) is 13.6. The zero-order valence-electron chi connectivity index (χ0n) is 13.6. The highest BCUT2D eigenvalue weighted by molar-refractivity contribution is 6.10. The van der Waals surface area contributed by atoms with Crippen LogP contribution in [0.4, 0.5) is 0 Å². The Bertz CT molecular complexity index is 795. The van der Waals surface area contributed by atoms with Crippen LogP contribution in [0.1, 0.15) is 27.2 Å². The van der Waals surface area contributed by atoms with Gasteiger partial charge in [0.25, 0.3) is 0 Å². The predicted octanol–water partition coefficient (Wildman–Crippen LogP) is 6.26. The Morgan fingerprint density at radius 2 is 1.55 bits per heavy atom. The molecule has 1 nitrogen and oxygen atoms in total. The number of nitrogens with zero attached hydrogens (tertiary/aromatic N) is 1. The molecule has 0 N–H and O–H groups in total. The van der Waals surface area contributed by atoms with Gasteiger partial charge in [0.15, 0.2) is 0 Å². The van der Waals surface area contributed by atoms with Gasteiger partial charge >= 0.3 is 0 Å². The quantitative estimate of drug-likeness (QED) is 0.500. The summed E-state index contributed by atoms with van der Waals surface area (Å²) in [5.74, 6) is 0.510. The molecule has 0 amide bonds. The maximum Gasteiger partial charge on any atom is 0.0537 e. The van der Waals surface area contributed by atoms with Crippen molar-refractivity contribution in [2.45, 2.75) is 27.2 Å². The van der Waals surface area contributed by atoms with Crippen LogP contribution in [0.3, 0.4) is 0 Å². The minimum atomic E-state index is 0.510. The van der Waals surface area contributed by atoms with Crippen LogP contribution in [-0.2, 0) is 0 Å². The smallest absolute Gasteiger partial charge is 0.0537 e. The van der Waals surface area contributed by atoms with Crippen LogP contribution in [0.25, 0.3) is 27.5 Å². The number of hydrogen-bond donors (Lipinski definition) is 0. The molecule has 0 aliphatic carbocycles. The summed E-state index contributed by atoms with van der Waals surface area (Å²) in [5.41, 5.74) is 3.94. The molecule has 3 rings (SSSR count). The lowest BCUT2D eigenvalue weighted by Crippen LogP contribution is -2.05. The Morgan fingerprint density at radius 1 is 1.00 bits per heavy atom. The molecule has 0 aliphatic heterocycles. The molecule has 1 atom stereocenters. The topological polar surface area (TPSA) is 4.93 Å². The third kappa shape index (κ3) is 2.37. The lowest BCUT2D eigenvalue weighted by atomic mass is 10.0. The number of fused-ring (bicyclic) bond motifs is 3. The molecule has 0 unspecified atom stereocenters. The van der Waals surface area contributed by atoms with Crippen molar-refractivity contribution in [3.8, 4) is 0 Å². The summed E-state index contributed by atoms with van der Waals surface area (Å²) < 4.78 is 2.43. The fraction of sp³-hybridized carbons (Fsp3) is 0.238. The highest BCUT2D eigenvalue weighted by atomic mass is 15.0. The molecular weight excluding hydrogens is 266 g/mol. The molecule has 1 heteroatoms. The van der Waals surface area contributed by atoms with Gasteiger partial charge in [-0.2, -0.15) is 0 Å². The van der Waals surface area contributed by atoms with Crippen molar-refractivity contribution in [3.05, 3.63) is 66.8 Å². The monoisotopic (exact) mass is 289 g/mol. The van der Waals surface area contributed by atoms with E-state index in [2.05, 4.69) is 92.1 Å². The molecule has 0 radical (unpaired) electrons. The first-order valence-corrected chi connectivity index (χ1v) is 8.09. The van der Waals surface area contributed by atoms with Crippen molar-refractivity contribution in [3.63, 3.8) is 0 Å². The molecule has 1 heterocycles. The van der Waals surface area contributed by atoms with Gasteiger partial charge in [-0.15, -0.1) is 0 Å². The summed E-state index contributed by atoms with van der Waals surface area (Å²) in [6.07, 6.45) is 7.62. The number of benzene rings is 2. The Labute approximate surface area is 132 Å². The maximum absolute atomic E-state index is 2.43. The molecule has 22 heavy (non-hydrogen) atoms. The van der Waals surface area contributed by atoms with Gasteiger partial charge in [0.05, 0.1) is 11.0 Å². The van der Waals surface area contributed by atoms with E-state index in [4.69, 9.17) is 0 Å². The second-order valence-electron chi connectivity index (χ2n) is 5.80. The van der Waals surface area contributed by atoms with Gasteiger partial charge in [0.1, 0.15) is 0 Å². The Balaban J connectivity index is 2.40. The van der Waals surface area contributed by atoms with Gasteiger partial charge in [0, 0.05) is 16.5 Å². The molecule has 3 aromatic rings. The first-order chi connectivity index (χ1) is 10.8. The van der Waals surface area contributed by atoms with Gasteiger partial charge in [-0.3, -0.25) is 0 Å². The van der Waals surface area contributed by atoms with Crippen molar-refractivity contribution < 1.29 is 0 Å². The van der Waals surface area contributed by atoms with E-state index in [1.807, 2.05) is 0 Å². The molecule has 0 aliphatic rings. The number of rotatable bonds is 4. The third-order valence-electron chi connectivity index (χ3n) is 4.41. The number of aromatic nitrogens is 1. The number of para-hydroxylation sites is 2. The van der Waals surface area contributed by atoms with Crippen molar-refractivity contribution in [1.29, 1.82) is 0 Å². The minimum absolute atomic E-state index is 0.510. The van der Waals surface area contributed by atoms with E-state index in [0.717, 1.165) is 6.42 Å². The predicted molar refractivity (Wildman–Crippen MR) is 98.0 cm³/mol. The van der Waals surface area contributed by atoms with Crippen LogP contribution in [0, 0.1) is 5.92 Å². The van der Waals surface area contributed by atoms with Crippen LogP contribution in [-0.4, -0.2) is 4.57 Å². The molecule has 0 bridgehead atoms. The Kier molecular flexibility index (Phi) is 4.15. The first kappa shape index (κ1) is 14.6. The number of allylic oxidation sites excluding steroid dienone is 4. The number of hydrogen-bond acceptors (Lipinski definition) is 0. The normalized spacial score (nSPS) is 14.2. The molecule has 112 valence electrons. The van der Waals surface area contributed by atoms with Crippen LogP contribution >= 0.6 is 0 Å². The van der Waals surface area contributed by atoms with Crippen molar-refractivity contribution in [2.75, 3.05) is 0 Å². The highest BCUT2D eigenvalue weighted by Crippen LogP contribution is 2.34. The molecule has 2 aromatic carbocycles. The van der Waals surface area contributed by atoms with Gasteiger partial charge < -0.3 is 4.57 Å². The first-order valence-electron chi connectivity index (χ1n) is 8.09. The summed E-state index contributed by atoms with van der Waals surface area (Å²) in [5, 5.41) is 2.65. The Morgan fingerprint density at radius 3 is 2.05 bits per heavy atom. The third-order valence-corrected chi connectivity index (χ3v) is 4.41. The summed E-state index contributed by atoms with van der Waals surface area (Å²) in [4.78, 5) is 0. The molecule has 1 aromatic heterocycles. The maximum atomic E-state index is 2.43. The molecular formula is C21H23N. The van der Waals surface area contributed by atoms with Gasteiger partial charge in [-0.1, -0.05) is 62.4 Å². The van der Waals surface area contributed by atoms with E-state index in [9.17, 15) is 0 Å². The van der Waals surface area contributed by atoms with E-state index in [1.54, 1.807) is 0 Å². The standard InChI is InChI=1S/C21H23N/c1-4-6-13-19(16(3)5-2)22-20-14-9-7-11-17(20)18-12-8-10-15-21(18)22/h4,6-16H,5H2,1-3H3/b6-4-,19-13+/t16-/m1/s1. The second kappa shape index (κ2) is 6.23. The van der Waals surface area contributed by atoms with E-state index in [0.29, 0.717) is 5.92 Å². The SMILES string of the molecule is C/C=C\C=C(/[C@H](C)CC)n1c2ccccc2c2ccccc21. The lowest BCUT2D eigenvalue weighted by molar-refractivity contribution is 0.690. The van der Waals surface area contributed by atoms with E-state index in [1.165, 1.54) is 27.5 Å². The molecule has 0 saturated carbocycles. The van der Waals surface area contributed by atoms with Crippen LogP contribution in [0.15, 0.2) is 66.8 Å². The minimum Gasteiger partial charge on any atom is -0.313 e. The summed E-state index contributed by atoms with van der Waals surface area (Å²) in [6, 6.07) is 17.4. The lowest BCUT2D eigenvalue weighted by Gasteiger charge is -2.18. The Hall–Kier alpha value is -2.28. The second-order valence-corrected chi connectivity index (χ2v) is 5.80. The van der Waals surface area contributed by atoms with Crippen LogP contribution in [0.5, 0.6) is 0 Å². The van der Waals surface area contributed by atoms with E-state index in [-0.39, 0.29) is 0 Å². The average Bonchev–Trinajstić information content (AvgIpc) is 2.90. The molecule has 0 spiro atoms. The summed E-state index contributed by atoms with van der Waals surface area (Å²) in [7, 11) is 0. The van der Waals surface area contributed by atoms with Crippen LogP contribution < -0.4 is 0 Å². The highest BCUT2D eigenvalue weighted by Gasteiger charge is 2.15. The van der Waals surface area contributed by atoms with Crippen molar-refractivity contribution in [1.82, 2.24) is 4.57 Å². The largest absolute Gasteiger partial charge is 0.313 e. The summed E-state index contributed by atoms with van der Waals surface area (Å²) >= 11 is 0. The molecule has 0 saturated heterocycles. The van der Waals surface area contributed by atoms with Gasteiger partial charge in [-0.05, 0) is 37.5 Å². The fourth-order valence-corrected chi connectivity index (χ4v) is 3.06. The van der Waals surface area contributed by atoms with Crippen LogP contribution in [0.2, 0.25) is 0 Å². The fourth-order valence-electron chi connectivity index (χ4n) is 3.06. The van der Waals surface area contributed by atoms with Crippen molar-refractivity contribution >= 4 is 27.5 Å². The molecule has 0 fully saturated rings. The van der Waals surface area contributed by atoms with Gasteiger partial charge in [-0.25, -0.2) is 0 Å².